The van der Waals surface area contributed by atoms with Crippen LogP contribution in [-0.4, -0.2) is 21.7 Å². The Morgan fingerprint density at radius 1 is 0.867 bits per heavy atom. The van der Waals surface area contributed by atoms with Gasteiger partial charge in [0.1, 0.15) is 11.5 Å². The first-order valence-electron chi connectivity index (χ1n) is 8.53. The quantitative estimate of drug-likeness (QED) is 0.269. The second-order valence-corrected chi connectivity index (χ2v) is 6.15. The van der Waals surface area contributed by atoms with Crippen LogP contribution in [0.15, 0.2) is 75.8 Å². The molecule has 0 saturated carbocycles. The van der Waals surface area contributed by atoms with Gasteiger partial charge in [-0.25, -0.2) is 9.79 Å². The number of furan rings is 1. The molecule has 1 aromatic heterocycles. The van der Waals surface area contributed by atoms with Gasteiger partial charge in [0, 0.05) is 41.5 Å². The van der Waals surface area contributed by atoms with Crippen molar-refractivity contribution in [2.75, 3.05) is 0 Å². The molecule has 4 rings (SSSR count). The molecule has 0 spiro atoms. The van der Waals surface area contributed by atoms with Crippen molar-refractivity contribution in [2.45, 2.75) is 0 Å². The lowest BCUT2D eigenvalue weighted by molar-refractivity contribution is -0.385. The molecule has 0 unspecified atom stereocenters. The van der Waals surface area contributed by atoms with E-state index < -0.39 is 15.8 Å². The minimum absolute atomic E-state index is 0.0108. The van der Waals surface area contributed by atoms with Crippen LogP contribution in [0.5, 0.6) is 0 Å². The van der Waals surface area contributed by atoms with Crippen LogP contribution in [-0.2, 0) is 9.53 Å². The molecule has 10 heteroatoms. The van der Waals surface area contributed by atoms with Gasteiger partial charge in [0.2, 0.25) is 5.90 Å². The molecule has 2 aromatic carbocycles. The highest BCUT2D eigenvalue weighted by molar-refractivity contribution is 6.12. The first-order valence-corrected chi connectivity index (χ1v) is 8.53. The fourth-order valence-corrected chi connectivity index (χ4v) is 2.75. The number of carbonyl (C=O) groups excluding carboxylic acids is 1. The van der Waals surface area contributed by atoms with Crippen LogP contribution in [0.2, 0.25) is 0 Å². The molecule has 0 amide bonds. The Bertz CT molecular complexity index is 1240. The minimum Gasteiger partial charge on any atom is -0.457 e. The molecule has 0 radical (unpaired) electrons. The number of nitro benzene ring substituents is 2. The van der Waals surface area contributed by atoms with Gasteiger partial charge in [-0.05, 0) is 24.3 Å². The number of hydrogen-bond acceptors (Lipinski definition) is 8. The average Bonchev–Trinajstić information content (AvgIpc) is 3.35. The minimum atomic E-state index is -0.698. The van der Waals surface area contributed by atoms with E-state index in [4.69, 9.17) is 9.15 Å². The standard InChI is InChI=1S/C20H11N3O7/c24-20-17(21-19(30-20)12-4-6-14(7-5-12)22(25)26)11-16-8-9-18(29-16)13-2-1-3-15(10-13)23(27)28/h1-11H/b17-11-. The first kappa shape index (κ1) is 18.7. The van der Waals surface area contributed by atoms with Crippen molar-refractivity contribution in [3.05, 3.63) is 97.9 Å². The van der Waals surface area contributed by atoms with Gasteiger partial charge in [-0.15, -0.1) is 0 Å². The summed E-state index contributed by atoms with van der Waals surface area (Å²) < 4.78 is 10.8. The Morgan fingerprint density at radius 3 is 2.30 bits per heavy atom. The molecule has 0 aliphatic carbocycles. The van der Waals surface area contributed by atoms with E-state index in [-0.39, 0.29) is 23.0 Å². The van der Waals surface area contributed by atoms with Gasteiger partial charge in [0.25, 0.3) is 11.4 Å². The van der Waals surface area contributed by atoms with Crippen LogP contribution in [0.3, 0.4) is 0 Å². The van der Waals surface area contributed by atoms with Crippen molar-refractivity contribution >= 4 is 29.3 Å². The fraction of sp³-hybridized carbons (Fsp3) is 0. The number of non-ortho nitro benzene ring substituents is 2. The Balaban J connectivity index is 1.59. The predicted octanol–water partition coefficient (Wildman–Crippen LogP) is 4.11. The van der Waals surface area contributed by atoms with Crippen LogP contribution in [0.1, 0.15) is 11.3 Å². The van der Waals surface area contributed by atoms with Gasteiger partial charge >= 0.3 is 5.97 Å². The predicted molar refractivity (Wildman–Crippen MR) is 105 cm³/mol. The number of ether oxygens (including phenoxy) is 1. The molecule has 1 aliphatic rings. The van der Waals surface area contributed by atoms with Crippen molar-refractivity contribution in [3.63, 3.8) is 0 Å². The van der Waals surface area contributed by atoms with E-state index in [1.165, 1.54) is 42.5 Å². The lowest BCUT2D eigenvalue weighted by Crippen LogP contribution is -2.05. The SMILES string of the molecule is O=C1OC(c2ccc([N+](=O)[O-])cc2)=N/C1=C\c1ccc(-c2cccc([N+](=O)[O-])c2)o1. The monoisotopic (exact) mass is 405 g/mol. The van der Waals surface area contributed by atoms with Crippen LogP contribution in [0.4, 0.5) is 11.4 Å². The Labute approximate surface area is 168 Å². The Morgan fingerprint density at radius 2 is 1.60 bits per heavy atom. The number of rotatable bonds is 5. The number of cyclic esters (lactones) is 1. The topological polar surface area (TPSA) is 138 Å². The maximum Gasteiger partial charge on any atom is 0.363 e. The van der Waals surface area contributed by atoms with Gasteiger partial charge in [-0.1, -0.05) is 12.1 Å². The summed E-state index contributed by atoms with van der Waals surface area (Å²) in [6.07, 6.45) is 1.38. The molecule has 0 atom stereocenters. The van der Waals surface area contributed by atoms with Crippen LogP contribution in [0, 0.1) is 20.2 Å². The van der Waals surface area contributed by atoms with E-state index >= 15 is 0 Å². The summed E-state index contributed by atoms with van der Waals surface area (Å²) in [7, 11) is 0. The highest BCUT2D eigenvalue weighted by Gasteiger charge is 2.25. The Kier molecular flexibility index (Phi) is 4.64. The lowest BCUT2D eigenvalue weighted by atomic mass is 10.1. The molecular formula is C20H11N3O7. The van der Waals surface area contributed by atoms with Crippen LogP contribution < -0.4 is 0 Å². The fourth-order valence-electron chi connectivity index (χ4n) is 2.75. The number of aliphatic imine (C=N–C) groups is 1. The Hall–Kier alpha value is -4.60. The third kappa shape index (κ3) is 3.69. The van der Waals surface area contributed by atoms with E-state index in [1.54, 1.807) is 24.3 Å². The molecular weight excluding hydrogens is 394 g/mol. The van der Waals surface area contributed by atoms with Crippen molar-refractivity contribution in [1.82, 2.24) is 0 Å². The first-order chi connectivity index (χ1) is 14.4. The summed E-state index contributed by atoms with van der Waals surface area (Å²) in [6.45, 7) is 0. The number of hydrogen-bond donors (Lipinski definition) is 0. The summed E-state index contributed by atoms with van der Waals surface area (Å²) >= 11 is 0. The molecule has 0 bridgehead atoms. The molecule has 30 heavy (non-hydrogen) atoms. The van der Waals surface area contributed by atoms with E-state index in [2.05, 4.69) is 4.99 Å². The van der Waals surface area contributed by atoms with Gasteiger partial charge in [-0.3, -0.25) is 20.2 Å². The molecule has 10 nitrogen and oxygen atoms in total. The summed E-state index contributed by atoms with van der Waals surface area (Å²) in [6, 6.07) is 14.6. The highest BCUT2D eigenvalue weighted by atomic mass is 16.6. The number of benzene rings is 2. The van der Waals surface area contributed by atoms with E-state index in [1.807, 2.05) is 0 Å². The zero-order chi connectivity index (χ0) is 21.3. The average molecular weight is 405 g/mol. The molecule has 3 aromatic rings. The van der Waals surface area contributed by atoms with Crippen molar-refractivity contribution in [1.29, 1.82) is 0 Å². The maximum absolute atomic E-state index is 12.1. The third-order valence-corrected chi connectivity index (χ3v) is 4.19. The summed E-state index contributed by atoms with van der Waals surface area (Å²) in [5, 5.41) is 21.7. The summed E-state index contributed by atoms with van der Waals surface area (Å²) in [5.41, 5.74) is 0.750. The van der Waals surface area contributed by atoms with Crippen molar-refractivity contribution in [3.8, 4) is 11.3 Å². The highest BCUT2D eigenvalue weighted by Crippen LogP contribution is 2.27. The molecule has 0 N–H and O–H groups in total. The molecule has 2 heterocycles. The maximum atomic E-state index is 12.1. The van der Waals surface area contributed by atoms with Crippen LogP contribution >= 0.6 is 0 Å². The summed E-state index contributed by atoms with van der Waals surface area (Å²) in [5.74, 6) is 0.0110. The smallest absolute Gasteiger partial charge is 0.363 e. The zero-order valence-corrected chi connectivity index (χ0v) is 15.1. The molecule has 1 aliphatic heterocycles. The lowest BCUT2D eigenvalue weighted by Gasteiger charge is -1.98. The number of carbonyl (C=O) groups is 1. The second-order valence-electron chi connectivity index (χ2n) is 6.15. The molecule has 0 saturated heterocycles. The van der Waals surface area contributed by atoms with Gasteiger partial charge in [0.15, 0.2) is 5.70 Å². The molecule has 0 fully saturated rings. The normalized spacial score (nSPS) is 14.5. The number of esters is 1. The van der Waals surface area contributed by atoms with Gasteiger partial charge < -0.3 is 9.15 Å². The van der Waals surface area contributed by atoms with Gasteiger partial charge in [0.05, 0.1) is 9.85 Å². The second kappa shape index (κ2) is 7.43. The van der Waals surface area contributed by atoms with Crippen molar-refractivity contribution in [2.24, 2.45) is 4.99 Å². The zero-order valence-electron chi connectivity index (χ0n) is 15.1. The van der Waals surface area contributed by atoms with E-state index in [0.717, 1.165) is 0 Å². The number of nitro groups is 2. The van der Waals surface area contributed by atoms with E-state index in [9.17, 15) is 25.0 Å². The van der Waals surface area contributed by atoms with Crippen LogP contribution in [0.25, 0.3) is 17.4 Å². The van der Waals surface area contributed by atoms with Crippen molar-refractivity contribution < 1.29 is 23.8 Å². The van der Waals surface area contributed by atoms with Gasteiger partial charge in [-0.2, -0.15) is 0 Å². The largest absolute Gasteiger partial charge is 0.457 e. The molecule has 148 valence electrons. The number of nitrogens with zero attached hydrogens (tertiary/aromatic N) is 3. The van der Waals surface area contributed by atoms with E-state index in [0.29, 0.717) is 22.6 Å². The summed E-state index contributed by atoms with van der Waals surface area (Å²) in [4.78, 5) is 36.8. The third-order valence-electron chi connectivity index (χ3n) is 4.19.